The van der Waals surface area contributed by atoms with Crippen LogP contribution in [0.5, 0.6) is 0 Å². The average Bonchev–Trinajstić information content (AvgIpc) is 3.56. The molecule has 202 valence electrons. The van der Waals surface area contributed by atoms with Crippen molar-refractivity contribution in [2.24, 2.45) is 11.3 Å². The predicted octanol–water partition coefficient (Wildman–Crippen LogP) is 2.50. The first-order valence-corrected chi connectivity index (χ1v) is 13.0. The van der Waals surface area contributed by atoms with Crippen molar-refractivity contribution in [2.75, 3.05) is 6.61 Å². The number of likely N-dealkylation sites (tertiary alicyclic amines) is 1. The van der Waals surface area contributed by atoms with E-state index in [0.29, 0.717) is 6.61 Å². The molecule has 0 spiro atoms. The lowest BCUT2D eigenvalue weighted by Crippen LogP contribution is -2.62. The van der Waals surface area contributed by atoms with Crippen LogP contribution in [0.2, 0.25) is 0 Å². The van der Waals surface area contributed by atoms with E-state index in [-0.39, 0.29) is 36.8 Å². The summed E-state index contributed by atoms with van der Waals surface area (Å²) in [5.41, 5.74) is 0.210. The first kappa shape index (κ1) is 26.9. The highest BCUT2D eigenvalue weighted by Gasteiger charge is 2.54. The molecule has 10 nitrogen and oxygen atoms in total. The first-order valence-electron chi connectivity index (χ1n) is 13.0. The van der Waals surface area contributed by atoms with Crippen molar-refractivity contribution < 1.29 is 33.4 Å². The molecule has 1 unspecified atom stereocenters. The van der Waals surface area contributed by atoms with Crippen molar-refractivity contribution in [2.45, 2.75) is 90.4 Å². The van der Waals surface area contributed by atoms with Crippen LogP contribution in [-0.4, -0.2) is 65.8 Å². The van der Waals surface area contributed by atoms with Crippen molar-refractivity contribution in [3.8, 4) is 0 Å². The highest BCUT2D eigenvalue weighted by atomic mass is 16.7. The monoisotopic (exact) mass is 515 g/mol. The van der Waals surface area contributed by atoms with Gasteiger partial charge in [-0.1, -0.05) is 51.1 Å². The second-order valence-corrected chi connectivity index (χ2v) is 11.1. The van der Waals surface area contributed by atoms with Crippen LogP contribution in [0.25, 0.3) is 0 Å². The third-order valence-corrected chi connectivity index (χ3v) is 7.32. The number of hydrogen-bond acceptors (Lipinski definition) is 7. The predicted molar refractivity (Wildman–Crippen MR) is 133 cm³/mol. The number of piperidine rings is 1. The normalized spacial score (nSPS) is 27.5. The van der Waals surface area contributed by atoms with Gasteiger partial charge in [-0.05, 0) is 43.1 Å². The molecule has 37 heavy (non-hydrogen) atoms. The first-order chi connectivity index (χ1) is 17.6. The second-order valence-electron chi connectivity index (χ2n) is 11.1. The molecule has 3 fully saturated rings. The number of carbonyl (C=O) groups is 4. The zero-order chi connectivity index (χ0) is 26.7. The van der Waals surface area contributed by atoms with Crippen molar-refractivity contribution in [1.82, 2.24) is 15.5 Å². The molecule has 1 aromatic carbocycles. The molecule has 0 radical (unpaired) electrons. The summed E-state index contributed by atoms with van der Waals surface area (Å²) in [4.78, 5) is 53.6. The van der Waals surface area contributed by atoms with Crippen LogP contribution in [-0.2, 0) is 35.2 Å². The highest BCUT2D eigenvalue weighted by Crippen LogP contribution is 2.43. The Hall–Kier alpha value is -3.14. The lowest BCUT2D eigenvalue weighted by atomic mass is 9.85. The van der Waals surface area contributed by atoms with Gasteiger partial charge < -0.3 is 29.7 Å². The largest absolute Gasteiger partial charge is 0.445 e. The molecule has 1 aliphatic carbocycles. The smallest absolute Gasteiger partial charge is 0.408 e. The van der Waals surface area contributed by atoms with Gasteiger partial charge in [-0.2, -0.15) is 0 Å². The number of cyclic esters (lactones) is 1. The maximum atomic E-state index is 13.9. The molecular formula is C27H37N3O7. The summed E-state index contributed by atoms with van der Waals surface area (Å²) in [5.74, 6) is -1.05. The van der Waals surface area contributed by atoms with Gasteiger partial charge in [0.05, 0.1) is 6.42 Å². The van der Waals surface area contributed by atoms with E-state index in [9.17, 15) is 19.2 Å². The van der Waals surface area contributed by atoms with Gasteiger partial charge >= 0.3 is 12.1 Å². The zero-order valence-electron chi connectivity index (χ0n) is 21.9. The number of esters is 1. The SMILES string of the molecule is CCO[C@@H]1OC(=O)CC1NC(=O)[C@@H]1[C@H]2CC[C@H](C2)N1C(=O)[C@@H](NC(=O)OCc1ccccc1)C(C)(C)C. The van der Waals surface area contributed by atoms with E-state index in [0.717, 1.165) is 24.8 Å². The van der Waals surface area contributed by atoms with Gasteiger partial charge in [0, 0.05) is 12.6 Å². The van der Waals surface area contributed by atoms with Crippen LogP contribution in [0.4, 0.5) is 4.79 Å². The number of ether oxygens (including phenoxy) is 3. The van der Waals surface area contributed by atoms with Crippen LogP contribution >= 0.6 is 0 Å². The van der Waals surface area contributed by atoms with Crippen LogP contribution < -0.4 is 10.6 Å². The van der Waals surface area contributed by atoms with Crippen molar-refractivity contribution in [3.63, 3.8) is 0 Å². The van der Waals surface area contributed by atoms with Crippen LogP contribution in [0.15, 0.2) is 30.3 Å². The summed E-state index contributed by atoms with van der Waals surface area (Å²) >= 11 is 0. The average molecular weight is 516 g/mol. The van der Waals surface area contributed by atoms with Crippen LogP contribution in [0, 0.1) is 11.3 Å². The van der Waals surface area contributed by atoms with Gasteiger partial charge in [0.25, 0.3) is 0 Å². The molecule has 4 rings (SSSR count). The molecule has 10 heteroatoms. The van der Waals surface area contributed by atoms with Crippen molar-refractivity contribution in [3.05, 3.63) is 35.9 Å². The topological polar surface area (TPSA) is 123 Å². The van der Waals surface area contributed by atoms with Gasteiger partial charge in [0.15, 0.2) is 0 Å². The third-order valence-electron chi connectivity index (χ3n) is 7.32. The Morgan fingerprint density at radius 3 is 2.57 bits per heavy atom. The molecule has 2 N–H and O–H groups in total. The maximum Gasteiger partial charge on any atom is 0.408 e. The quantitative estimate of drug-likeness (QED) is 0.510. The van der Waals surface area contributed by atoms with Crippen LogP contribution in [0.3, 0.4) is 0 Å². The number of rotatable bonds is 8. The van der Waals surface area contributed by atoms with Crippen molar-refractivity contribution >= 4 is 23.9 Å². The minimum atomic E-state index is -0.891. The Kier molecular flexibility index (Phi) is 8.06. The number of amides is 3. The number of carbonyl (C=O) groups excluding carboxylic acids is 4. The Bertz CT molecular complexity index is 1010. The van der Waals surface area contributed by atoms with Crippen molar-refractivity contribution in [1.29, 1.82) is 0 Å². The molecule has 2 bridgehead atoms. The fourth-order valence-electron chi connectivity index (χ4n) is 5.56. The summed E-state index contributed by atoms with van der Waals surface area (Å²) in [6.07, 6.45) is 0.867. The summed E-state index contributed by atoms with van der Waals surface area (Å²) in [7, 11) is 0. The maximum absolute atomic E-state index is 13.9. The summed E-state index contributed by atoms with van der Waals surface area (Å²) in [5, 5.41) is 5.65. The minimum absolute atomic E-state index is 0.0168. The zero-order valence-corrected chi connectivity index (χ0v) is 21.9. The summed E-state index contributed by atoms with van der Waals surface area (Å²) < 4.78 is 16.0. The fraction of sp³-hybridized carbons (Fsp3) is 0.630. The summed E-state index contributed by atoms with van der Waals surface area (Å²) in [6.45, 7) is 7.80. The molecule has 2 aliphatic heterocycles. The van der Waals surface area contributed by atoms with E-state index in [4.69, 9.17) is 14.2 Å². The molecule has 1 aromatic rings. The summed E-state index contributed by atoms with van der Waals surface area (Å²) in [6, 6.07) is 7.03. The van der Waals surface area contributed by atoms with E-state index in [1.165, 1.54) is 0 Å². The second kappa shape index (κ2) is 11.1. The molecule has 3 aliphatic rings. The van der Waals surface area contributed by atoms with E-state index in [2.05, 4.69) is 10.6 Å². The number of alkyl carbamates (subject to hydrolysis) is 1. The third kappa shape index (κ3) is 6.06. The number of hydrogen-bond donors (Lipinski definition) is 2. The Labute approximate surface area is 217 Å². The van der Waals surface area contributed by atoms with Gasteiger partial charge in [-0.15, -0.1) is 0 Å². The van der Waals surface area contributed by atoms with Gasteiger partial charge in [-0.3, -0.25) is 14.4 Å². The van der Waals surface area contributed by atoms with E-state index < -0.39 is 41.9 Å². The van der Waals surface area contributed by atoms with Gasteiger partial charge in [0.2, 0.25) is 18.1 Å². The molecular weight excluding hydrogens is 478 g/mol. The molecule has 2 heterocycles. The standard InChI is InChI=1S/C27H37N3O7/c1-5-35-25-19(14-20(31)37-25)28-23(32)21-17-11-12-18(13-17)30(21)24(33)22(27(2,3)4)29-26(34)36-15-16-9-7-6-8-10-16/h6-10,17-19,21-22,25H,5,11-15H2,1-4H3,(H,28,32)(H,29,34)/t17-,18+,19?,21-,22+,25+/m0/s1. The van der Waals surface area contributed by atoms with E-state index in [1.54, 1.807) is 11.8 Å². The minimum Gasteiger partial charge on any atom is -0.445 e. The van der Waals surface area contributed by atoms with E-state index in [1.807, 2.05) is 51.1 Å². The molecule has 0 aromatic heterocycles. The molecule has 3 amide bonds. The Balaban J connectivity index is 1.46. The number of nitrogens with one attached hydrogen (secondary N) is 2. The number of benzene rings is 1. The number of fused-ring (bicyclic) bond motifs is 2. The van der Waals surface area contributed by atoms with Crippen LogP contribution in [0.1, 0.15) is 58.9 Å². The molecule has 1 saturated carbocycles. The fourth-order valence-corrected chi connectivity index (χ4v) is 5.56. The lowest BCUT2D eigenvalue weighted by molar-refractivity contribution is -0.165. The van der Waals surface area contributed by atoms with E-state index >= 15 is 0 Å². The Morgan fingerprint density at radius 1 is 1.16 bits per heavy atom. The van der Waals surface area contributed by atoms with Gasteiger partial charge in [0.1, 0.15) is 24.7 Å². The van der Waals surface area contributed by atoms with Gasteiger partial charge in [-0.25, -0.2) is 4.79 Å². The Morgan fingerprint density at radius 2 is 1.89 bits per heavy atom. The number of nitrogens with zero attached hydrogens (tertiary/aromatic N) is 1. The lowest BCUT2D eigenvalue weighted by Gasteiger charge is -2.40. The molecule has 6 atom stereocenters. The highest BCUT2D eigenvalue weighted by molar-refractivity contribution is 5.93. The molecule has 2 saturated heterocycles.